The van der Waals surface area contributed by atoms with Crippen molar-refractivity contribution in [3.8, 4) is 0 Å². The number of benzene rings is 1. The van der Waals surface area contributed by atoms with Gasteiger partial charge in [0.2, 0.25) is 11.9 Å². The lowest BCUT2D eigenvalue weighted by molar-refractivity contribution is -0.119. The minimum absolute atomic E-state index is 0.0353. The van der Waals surface area contributed by atoms with E-state index >= 15 is 0 Å². The smallest absolute Gasteiger partial charge is 0.230 e. The highest BCUT2D eigenvalue weighted by atomic mass is 32.2. The van der Waals surface area contributed by atoms with Crippen LogP contribution >= 0.6 is 11.8 Å². The maximum atomic E-state index is 12.3. The molecule has 0 saturated carbocycles. The Kier molecular flexibility index (Phi) is 7.73. The van der Waals surface area contributed by atoms with Crippen LogP contribution in [0, 0.1) is 0 Å². The average Bonchev–Trinajstić information content (AvgIpc) is 3.10. The molecule has 1 fully saturated rings. The molecule has 1 saturated heterocycles. The molecule has 2 heterocycles. The van der Waals surface area contributed by atoms with Crippen LogP contribution in [0.2, 0.25) is 0 Å². The van der Waals surface area contributed by atoms with E-state index in [2.05, 4.69) is 44.0 Å². The number of ether oxygens (including phenoxy) is 1. The van der Waals surface area contributed by atoms with E-state index in [1.54, 1.807) is 0 Å². The predicted molar refractivity (Wildman–Crippen MR) is 112 cm³/mol. The van der Waals surface area contributed by atoms with E-state index in [4.69, 9.17) is 4.74 Å². The maximum Gasteiger partial charge on any atom is 0.230 e. The van der Waals surface area contributed by atoms with Crippen LogP contribution in [0.3, 0.4) is 0 Å². The maximum absolute atomic E-state index is 12.3. The van der Waals surface area contributed by atoms with Crippen molar-refractivity contribution in [1.82, 2.24) is 20.1 Å². The van der Waals surface area contributed by atoms with E-state index in [1.807, 2.05) is 25.1 Å². The van der Waals surface area contributed by atoms with Gasteiger partial charge in [-0.1, -0.05) is 55.4 Å². The number of nitrogens with zero attached hydrogens (tertiary/aromatic N) is 4. The number of thioether (sulfide) groups is 1. The lowest BCUT2D eigenvalue weighted by atomic mass is 10.2. The number of hydrogen-bond acceptors (Lipinski definition) is 6. The Morgan fingerprint density at radius 2 is 2.00 bits per heavy atom. The van der Waals surface area contributed by atoms with Crippen molar-refractivity contribution in [1.29, 1.82) is 0 Å². The van der Waals surface area contributed by atoms with Gasteiger partial charge in [0.05, 0.1) is 25.5 Å². The Labute approximate surface area is 170 Å². The van der Waals surface area contributed by atoms with Gasteiger partial charge in [-0.3, -0.25) is 9.36 Å². The summed E-state index contributed by atoms with van der Waals surface area (Å²) in [6.07, 6.45) is 2.05. The Morgan fingerprint density at radius 3 is 2.71 bits per heavy atom. The number of carbonyl (C=O) groups excluding carboxylic acids is 1. The normalized spacial score (nSPS) is 15.4. The van der Waals surface area contributed by atoms with Crippen molar-refractivity contribution < 1.29 is 9.53 Å². The van der Waals surface area contributed by atoms with Crippen LogP contribution in [-0.2, 0) is 16.1 Å². The number of amides is 1. The molecule has 1 N–H and O–H groups in total. The van der Waals surface area contributed by atoms with Crippen LogP contribution in [0.15, 0.2) is 35.5 Å². The topological polar surface area (TPSA) is 72.3 Å². The minimum Gasteiger partial charge on any atom is -0.378 e. The van der Waals surface area contributed by atoms with Crippen molar-refractivity contribution in [3.05, 3.63) is 35.9 Å². The summed E-state index contributed by atoms with van der Waals surface area (Å²) in [7, 11) is 0. The third-order valence-electron chi connectivity index (χ3n) is 4.64. The lowest BCUT2D eigenvalue weighted by Crippen LogP contribution is -2.38. The highest BCUT2D eigenvalue weighted by Gasteiger charge is 2.21. The number of morpholine rings is 1. The number of rotatable bonds is 9. The van der Waals surface area contributed by atoms with E-state index in [0.29, 0.717) is 25.5 Å². The summed E-state index contributed by atoms with van der Waals surface area (Å²) in [6, 6.07) is 10.5. The molecule has 1 aromatic heterocycles. The molecular weight excluding hydrogens is 374 g/mol. The van der Waals surface area contributed by atoms with E-state index in [-0.39, 0.29) is 11.9 Å². The highest BCUT2D eigenvalue weighted by molar-refractivity contribution is 7.99. The van der Waals surface area contributed by atoms with Crippen LogP contribution in [-0.4, -0.2) is 58.8 Å². The second-order valence-electron chi connectivity index (χ2n) is 7.00. The van der Waals surface area contributed by atoms with Gasteiger partial charge in [-0.2, -0.15) is 0 Å². The average molecular weight is 404 g/mol. The molecule has 1 aliphatic rings. The molecule has 0 aliphatic carbocycles. The van der Waals surface area contributed by atoms with Gasteiger partial charge in [0, 0.05) is 19.1 Å². The Morgan fingerprint density at radius 1 is 1.25 bits per heavy atom. The molecule has 0 unspecified atom stereocenters. The second kappa shape index (κ2) is 10.5. The van der Waals surface area contributed by atoms with Crippen LogP contribution in [0.25, 0.3) is 0 Å². The zero-order chi connectivity index (χ0) is 19.8. The molecule has 1 aromatic carbocycles. The molecule has 1 amide bonds. The summed E-state index contributed by atoms with van der Waals surface area (Å²) >= 11 is 1.44. The first kappa shape index (κ1) is 20.7. The van der Waals surface area contributed by atoms with Gasteiger partial charge < -0.3 is 15.0 Å². The quantitative estimate of drug-likeness (QED) is 0.649. The molecule has 0 spiro atoms. The van der Waals surface area contributed by atoms with E-state index < -0.39 is 0 Å². The largest absolute Gasteiger partial charge is 0.378 e. The second-order valence-corrected chi connectivity index (χ2v) is 7.94. The van der Waals surface area contributed by atoms with Gasteiger partial charge in [0.15, 0.2) is 5.16 Å². The summed E-state index contributed by atoms with van der Waals surface area (Å²) < 4.78 is 7.57. The number of carbonyl (C=O) groups is 1. The molecule has 152 valence electrons. The van der Waals surface area contributed by atoms with Crippen molar-refractivity contribution in [3.63, 3.8) is 0 Å². The summed E-state index contributed by atoms with van der Waals surface area (Å²) in [4.78, 5) is 14.5. The van der Waals surface area contributed by atoms with Gasteiger partial charge in [0.25, 0.3) is 0 Å². The Bertz CT molecular complexity index is 746. The molecule has 0 radical (unpaired) electrons. The van der Waals surface area contributed by atoms with Gasteiger partial charge in [-0.25, -0.2) is 0 Å². The van der Waals surface area contributed by atoms with Crippen molar-refractivity contribution in [2.45, 2.75) is 44.4 Å². The fraction of sp³-hybridized carbons (Fsp3) is 0.550. The Balaban J connectivity index is 1.72. The number of aromatic nitrogens is 3. The monoisotopic (exact) mass is 403 g/mol. The van der Waals surface area contributed by atoms with Crippen LogP contribution in [0.4, 0.5) is 5.95 Å². The predicted octanol–water partition coefficient (Wildman–Crippen LogP) is 2.56. The standard InChI is InChI=1S/C20H29N5O2S/c1-3-7-16(2)21-18(26)15-28-20-23-22-19(24-10-12-27-13-11-24)25(20)14-17-8-5-4-6-9-17/h4-6,8-9,16H,3,7,10-15H2,1-2H3,(H,21,26)/t16-/m1/s1. The van der Waals surface area contributed by atoms with Gasteiger partial charge in [-0.05, 0) is 18.9 Å². The van der Waals surface area contributed by atoms with Crippen molar-refractivity contribution in [2.24, 2.45) is 0 Å². The van der Waals surface area contributed by atoms with Gasteiger partial charge in [-0.15, -0.1) is 10.2 Å². The van der Waals surface area contributed by atoms with Crippen LogP contribution in [0.1, 0.15) is 32.3 Å². The first-order valence-corrected chi connectivity index (χ1v) is 10.9. The molecule has 0 bridgehead atoms. The van der Waals surface area contributed by atoms with E-state index in [1.165, 1.54) is 17.3 Å². The van der Waals surface area contributed by atoms with E-state index in [9.17, 15) is 4.79 Å². The minimum atomic E-state index is 0.0353. The first-order valence-electron chi connectivity index (χ1n) is 9.89. The van der Waals surface area contributed by atoms with Crippen molar-refractivity contribution >= 4 is 23.6 Å². The third-order valence-corrected chi connectivity index (χ3v) is 5.60. The third kappa shape index (κ3) is 5.72. The fourth-order valence-electron chi connectivity index (χ4n) is 3.24. The molecular formula is C20H29N5O2S. The molecule has 7 nitrogen and oxygen atoms in total. The summed E-state index contributed by atoms with van der Waals surface area (Å²) in [5, 5.41) is 12.6. The fourth-order valence-corrected chi connectivity index (χ4v) is 3.99. The zero-order valence-corrected chi connectivity index (χ0v) is 17.5. The first-order chi connectivity index (χ1) is 13.7. The molecule has 1 atom stereocenters. The molecule has 2 aromatic rings. The van der Waals surface area contributed by atoms with Gasteiger partial charge >= 0.3 is 0 Å². The zero-order valence-electron chi connectivity index (χ0n) is 16.6. The van der Waals surface area contributed by atoms with Crippen LogP contribution in [0.5, 0.6) is 0 Å². The summed E-state index contributed by atoms with van der Waals surface area (Å²) in [6.45, 7) is 7.82. The molecule has 28 heavy (non-hydrogen) atoms. The highest BCUT2D eigenvalue weighted by Crippen LogP contribution is 2.24. The van der Waals surface area contributed by atoms with Gasteiger partial charge in [0.1, 0.15) is 0 Å². The number of hydrogen-bond donors (Lipinski definition) is 1. The summed E-state index contributed by atoms with van der Waals surface area (Å²) in [5.41, 5.74) is 1.18. The van der Waals surface area contributed by atoms with Crippen molar-refractivity contribution in [2.75, 3.05) is 37.0 Å². The summed E-state index contributed by atoms with van der Waals surface area (Å²) in [5.74, 6) is 1.21. The molecule has 3 rings (SSSR count). The molecule has 8 heteroatoms. The van der Waals surface area contributed by atoms with E-state index in [0.717, 1.165) is 37.0 Å². The SMILES string of the molecule is CCC[C@@H](C)NC(=O)CSc1nnc(N2CCOCC2)n1Cc1ccccc1. The molecule has 1 aliphatic heterocycles. The lowest BCUT2D eigenvalue weighted by Gasteiger charge is -2.28. The number of nitrogens with one attached hydrogen (secondary N) is 1. The van der Waals surface area contributed by atoms with Crippen LogP contribution < -0.4 is 10.2 Å². The Hall–Kier alpha value is -2.06. The number of anilines is 1.